The van der Waals surface area contributed by atoms with Crippen LogP contribution >= 0.6 is 0 Å². The fourth-order valence-corrected chi connectivity index (χ4v) is 3.61. The minimum atomic E-state index is -0.650. The normalized spacial score (nSPS) is 16.4. The summed E-state index contributed by atoms with van der Waals surface area (Å²) in [7, 11) is 1.91. The summed E-state index contributed by atoms with van der Waals surface area (Å²) < 4.78 is 7.59. The first-order valence-electron chi connectivity index (χ1n) is 9.90. The SMILES string of the molecule is Cn1ccc(-c2ccc3cc(OCC(O)CN4CCCNC(=O)C4)ccc3c2)n1. The molecule has 1 aliphatic heterocycles. The van der Waals surface area contributed by atoms with Crippen molar-refractivity contribution in [2.45, 2.75) is 12.5 Å². The molecule has 1 aromatic heterocycles. The Labute approximate surface area is 169 Å². The maximum atomic E-state index is 11.6. The Bertz CT molecular complexity index is 1000. The van der Waals surface area contributed by atoms with Gasteiger partial charge in [-0.25, -0.2) is 0 Å². The summed E-state index contributed by atoms with van der Waals surface area (Å²) in [5.41, 5.74) is 2.02. The summed E-state index contributed by atoms with van der Waals surface area (Å²) in [6.45, 7) is 2.43. The van der Waals surface area contributed by atoms with Gasteiger partial charge in [0.05, 0.1) is 12.2 Å². The van der Waals surface area contributed by atoms with Gasteiger partial charge in [0.15, 0.2) is 0 Å². The number of fused-ring (bicyclic) bond motifs is 1. The molecule has 0 saturated carbocycles. The fourth-order valence-electron chi connectivity index (χ4n) is 3.61. The second-order valence-corrected chi connectivity index (χ2v) is 7.50. The van der Waals surface area contributed by atoms with Gasteiger partial charge in [-0.1, -0.05) is 18.2 Å². The summed E-state index contributed by atoms with van der Waals surface area (Å²) in [6.07, 6.45) is 2.17. The average Bonchev–Trinajstić information content (AvgIpc) is 3.04. The summed E-state index contributed by atoms with van der Waals surface area (Å²) >= 11 is 0. The molecule has 1 aliphatic rings. The van der Waals surface area contributed by atoms with Gasteiger partial charge in [0, 0.05) is 38.4 Å². The molecule has 1 saturated heterocycles. The largest absolute Gasteiger partial charge is 0.491 e. The molecule has 1 amide bonds. The first kappa shape index (κ1) is 19.4. The number of nitrogens with zero attached hydrogens (tertiary/aromatic N) is 3. The number of ether oxygens (including phenoxy) is 1. The summed E-state index contributed by atoms with van der Waals surface area (Å²) in [5, 5.41) is 19.8. The summed E-state index contributed by atoms with van der Waals surface area (Å²) in [6, 6.07) is 14.1. The van der Waals surface area contributed by atoms with Crippen LogP contribution in [0.2, 0.25) is 0 Å². The first-order chi connectivity index (χ1) is 14.1. The average molecular weight is 394 g/mol. The molecular formula is C22H26N4O3. The van der Waals surface area contributed by atoms with Crippen molar-refractivity contribution in [3.8, 4) is 17.0 Å². The van der Waals surface area contributed by atoms with E-state index < -0.39 is 6.10 Å². The molecule has 1 unspecified atom stereocenters. The van der Waals surface area contributed by atoms with Gasteiger partial charge in [-0.15, -0.1) is 0 Å². The van der Waals surface area contributed by atoms with Gasteiger partial charge in [-0.2, -0.15) is 5.10 Å². The Morgan fingerprint density at radius 3 is 2.86 bits per heavy atom. The number of aryl methyl sites for hydroxylation is 1. The lowest BCUT2D eigenvalue weighted by molar-refractivity contribution is -0.121. The number of hydrogen-bond acceptors (Lipinski definition) is 5. The van der Waals surface area contributed by atoms with E-state index >= 15 is 0 Å². The lowest BCUT2D eigenvalue weighted by Crippen LogP contribution is -2.39. The van der Waals surface area contributed by atoms with E-state index in [2.05, 4.69) is 22.5 Å². The third kappa shape index (κ3) is 4.93. The number of aliphatic hydroxyl groups is 1. The second-order valence-electron chi connectivity index (χ2n) is 7.50. The maximum Gasteiger partial charge on any atom is 0.234 e. The van der Waals surface area contributed by atoms with Gasteiger partial charge < -0.3 is 15.2 Å². The molecule has 4 rings (SSSR count). The van der Waals surface area contributed by atoms with Crippen LogP contribution in [0, 0.1) is 0 Å². The molecule has 3 aromatic rings. The summed E-state index contributed by atoms with van der Waals surface area (Å²) in [5.74, 6) is 0.728. The van der Waals surface area contributed by atoms with E-state index in [0.717, 1.165) is 40.7 Å². The number of nitrogens with one attached hydrogen (secondary N) is 1. The van der Waals surface area contributed by atoms with Crippen molar-refractivity contribution in [2.75, 3.05) is 32.8 Å². The third-order valence-electron chi connectivity index (χ3n) is 5.07. The van der Waals surface area contributed by atoms with Crippen molar-refractivity contribution in [1.29, 1.82) is 0 Å². The van der Waals surface area contributed by atoms with Crippen molar-refractivity contribution in [2.24, 2.45) is 7.05 Å². The van der Waals surface area contributed by atoms with Crippen molar-refractivity contribution in [1.82, 2.24) is 20.0 Å². The van der Waals surface area contributed by atoms with E-state index in [4.69, 9.17) is 4.74 Å². The smallest absolute Gasteiger partial charge is 0.234 e. The van der Waals surface area contributed by atoms with Crippen molar-refractivity contribution >= 4 is 16.7 Å². The number of rotatable bonds is 6. The van der Waals surface area contributed by atoms with Gasteiger partial charge in [-0.05, 0) is 41.5 Å². The third-order valence-corrected chi connectivity index (χ3v) is 5.07. The van der Waals surface area contributed by atoms with Crippen molar-refractivity contribution in [3.63, 3.8) is 0 Å². The molecule has 2 heterocycles. The molecule has 2 aromatic carbocycles. The highest BCUT2D eigenvalue weighted by Gasteiger charge is 2.18. The predicted octanol–water partition coefficient (Wildman–Crippen LogP) is 1.80. The van der Waals surface area contributed by atoms with Crippen LogP contribution in [0.15, 0.2) is 48.7 Å². The molecule has 0 spiro atoms. The Hall–Kier alpha value is -2.90. The van der Waals surface area contributed by atoms with Gasteiger partial charge in [0.1, 0.15) is 18.5 Å². The topological polar surface area (TPSA) is 79.6 Å². The number of amides is 1. The zero-order valence-electron chi connectivity index (χ0n) is 16.5. The minimum Gasteiger partial charge on any atom is -0.491 e. The molecule has 7 heteroatoms. The van der Waals surface area contributed by atoms with Crippen LogP contribution in [-0.4, -0.2) is 64.6 Å². The Balaban J connectivity index is 1.37. The lowest BCUT2D eigenvalue weighted by Gasteiger charge is -2.22. The number of aliphatic hydroxyl groups excluding tert-OH is 1. The van der Waals surface area contributed by atoms with Crippen LogP contribution in [0.1, 0.15) is 6.42 Å². The number of carbonyl (C=O) groups excluding carboxylic acids is 1. The number of aromatic nitrogens is 2. The first-order valence-corrected chi connectivity index (χ1v) is 9.90. The van der Waals surface area contributed by atoms with Gasteiger partial charge in [0.2, 0.25) is 5.91 Å². The monoisotopic (exact) mass is 394 g/mol. The van der Waals surface area contributed by atoms with E-state index in [-0.39, 0.29) is 12.5 Å². The number of carbonyl (C=O) groups is 1. The van der Waals surface area contributed by atoms with Crippen LogP contribution < -0.4 is 10.1 Å². The van der Waals surface area contributed by atoms with Gasteiger partial charge in [0.25, 0.3) is 0 Å². The van der Waals surface area contributed by atoms with Crippen molar-refractivity contribution < 1.29 is 14.6 Å². The van der Waals surface area contributed by atoms with Crippen LogP contribution in [-0.2, 0) is 11.8 Å². The Kier molecular flexibility index (Phi) is 5.78. The second kappa shape index (κ2) is 8.63. The number of β-amino-alcohol motifs (C(OH)–C–C–N with tert-alkyl or cyclic N) is 1. The minimum absolute atomic E-state index is 0.00946. The Morgan fingerprint density at radius 2 is 2.03 bits per heavy atom. The molecule has 7 nitrogen and oxygen atoms in total. The molecule has 2 N–H and O–H groups in total. The standard InChI is InChI=1S/C22H26N4O3/c1-25-10-7-21(24-25)18-4-3-17-12-20(6-5-16(17)11-18)29-15-19(27)13-26-9-2-8-23-22(28)14-26/h3-7,10-12,19,27H,2,8-9,13-15H2,1H3,(H,23,28). The molecule has 0 aliphatic carbocycles. The lowest BCUT2D eigenvalue weighted by atomic mass is 10.0. The van der Waals surface area contributed by atoms with E-state index in [1.165, 1.54) is 0 Å². The highest BCUT2D eigenvalue weighted by atomic mass is 16.5. The fraction of sp³-hybridized carbons (Fsp3) is 0.364. The zero-order valence-corrected chi connectivity index (χ0v) is 16.5. The highest BCUT2D eigenvalue weighted by Crippen LogP contribution is 2.26. The molecule has 1 atom stereocenters. The zero-order chi connectivity index (χ0) is 20.2. The van der Waals surface area contributed by atoms with E-state index in [0.29, 0.717) is 19.6 Å². The molecular weight excluding hydrogens is 368 g/mol. The highest BCUT2D eigenvalue weighted by molar-refractivity contribution is 5.87. The summed E-state index contributed by atoms with van der Waals surface area (Å²) in [4.78, 5) is 13.6. The van der Waals surface area contributed by atoms with Crippen LogP contribution in [0.4, 0.5) is 0 Å². The number of benzene rings is 2. The quantitative estimate of drug-likeness (QED) is 0.667. The van der Waals surface area contributed by atoms with E-state index in [1.807, 2.05) is 48.5 Å². The Morgan fingerprint density at radius 1 is 1.21 bits per heavy atom. The molecule has 0 bridgehead atoms. The molecule has 152 valence electrons. The van der Waals surface area contributed by atoms with E-state index in [1.54, 1.807) is 4.68 Å². The maximum absolute atomic E-state index is 11.6. The molecule has 0 radical (unpaired) electrons. The van der Waals surface area contributed by atoms with Gasteiger partial charge >= 0.3 is 0 Å². The van der Waals surface area contributed by atoms with Gasteiger partial charge in [-0.3, -0.25) is 14.4 Å². The number of hydrogen-bond donors (Lipinski definition) is 2. The predicted molar refractivity (Wildman–Crippen MR) is 112 cm³/mol. The van der Waals surface area contributed by atoms with Crippen molar-refractivity contribution in [3.05, 3.63) is 48.7 Å². The van der Waals surface area contributed by atoms with E-state index in [9.17, 15) is 9.90 Å². The molecule has 29 heavy (non-hydrogen) atoms. The van der Waals surface area contributed by atoms with Crippen LogP contribution in [0.5, 0.6) is 5.75 Å². The molecule has 1 fully saturated rings. The van der Waals surface area contributed by atoms with Crippen LogP contribution in [0.25, 0.3) is 22.0 Å². The van der Waals surface area contributed by atoms with Crippen LogP contribution in [0.3, 0.4) is 0 Å².